The third kappa shape index (κ3) is 5.40. The molecule has 0 heterocycles. The van der Waals surface area contributed by atoms with E-state index in [0.29, 0.717) is 18.1 Å². The summed E-state index contributed by atoms with van der Waals surface area (Å²) in [5.41, 5.74) is 4.35. The lowest BCUT2D eigenvalue weighted by atomic mass is 9.96. The first-order valence-corrected chi connectivity index (χ1v) is 10.4. The molecule has 0 aromatic heterocycles. The Hall–Kier alpha value is -3.40. The quantitative estimate of drug-likeness (QED) is 0.352. The second-order valence-corrected chi connectivity index (χ2v) is 7.15. The molecule has 0 radical (unpaired) electrons. The Bertz CT molecular complexity index is 996. The number of methoxy groups -OCH3 is 3. The molecular weight excluding hydrogens is 388 g/mol. The van der Waals surface area contributed by atoms with E-state index in [2.05, 4.69) is 36.9 Å². The van der Waals surface area contributed by atoms with Gasteiger partial charge in [0.1, 0.15) is 12.4 Å². The lowest BCUT2D eigenvalue weighted by molar-refractivity contribution is 0.323. The van der Waals surface area contributed by atoms with E-state index in [1.807, 2.05) is 30.3 Å². The predicted octanol–water partition coefficient (Wildman–Crippen LogP) is 6.12. The second-order valence-electron chi connectivity index (χ2n) is 7.15. The van der Waals surface area contributed by atoms with E-state index >= 15 is 0 Å². The predicted molar refractivity (Wildman–Crippen MR) is 126 cm³/mol. The Morgan fingerprint density at radius 1 is 0.774 bits per heavy atom. The molecule has 0 saturated heterocycles. The van der Waals surface area contributed by atoms with Crippen molar-refractivity contribution in [3.05, 3.63) is 84.4 Å². The van der Waals surface area contributed by atoms with Crippen molar-refractivity contribution >= 4 is 0 Å². The third-order valence-corrected chi connectivity index (χ3v) is 5.15. The summed E-state index contributed by atoms with van der Waals surface area (Å²) in [4.78, 5) is 0. The highest BCUT2D eigenvalue weighted by atomic mass is 16.5. The van der Waals surface area contributed by atoms with Gasteiger partial charge in [-0.3, -0.25) is 0 Å². The van der Waals surface area contributed by atoms with E-state index in [9.17, 15) is 0 Å². The van der Waals surface area contributed by atoms with Crippen LogP contribution in [0.15, 0.2) is 73.3 Å². The van der Waals surface area contributed by atoms with Gasteiger partial charge in [-0.15, -0.1) is 0 Å². The summed E-state index contributed by atoms with van der Waals surface area (Å²) in [5.74, 6) is 2.75. The lowest BCUT2D eigenvalue weighted by Gasteiger charge is -2.20. The van der Waals surface area contributed by atoms with E-state index in [4.69, 9.17) is 18.9 Å². The highest BCUT2D eigenvalue weighted by molar-refractivity contribution is 5.78. The van der Waals surface area contributed by atoms with E-state index in [1.165, 1.54) is 5.56 Å². The molecule has 0 amide bonds. The zero-order chi connectivity index (χ0) is 22.1. The number of rotatable bonds is 11. The molecule has 3 rings (SSSR count). The summed E-state index contributed by atoms with van der Waals surface area (Å²) in [6.07, 6.45) is 4.59. The number of hydrogen-bond donors (Lipinski definition) is 0. The van der Waals surface area contributed by atoms with Crippen LogP contribution in [0.1, 0.15) is 17.5 Å². The minimum absolute atomic E-state index is 0.456. The van der Waals surface area contributed by atoms with Crippen LogP contribution in [-0.4, -0.2) is 27.9 Å². The van der Waals surface area contributed by atoms with Crippen LogP contribution in [0.25, 0.3) is 11.1 Å². The highest BCUT2D eigenvalue weighted by Crippen LogP contribution is 2.47. The smallest absolute Gasteiger partial charge is 0.204 e. The number of hydrogen-bond acceptors (Lipinski definition) is 4. The van der Waals surface area contributed by atoms with Crippen LogP contribution in [0.4, 0.5) is 0 Å². The Labute approximate surface area is 185 Å². The van der Waals surface area contributed by atoms with Crippen molar-refractivity contribution in [2.24, 2.45) is 0 Å². The minimum Gasteiger partial charge on any atom is -0.492 e. The molecule has 0 bridgehead atoms. The molecule has 4 nitrogen and oxygen atoms in total. The fourth-order valence-electron chi connectivity index (χ4n) is 3.72. The molecule has 0 atom stereocenters. The van der Waals surface area contributed by atoms with Gasteiger partial charge < -0.3 is 18.9 Å². The van der Waals surface area contributed by atoms with Gasteiger partial charge in [-0.1, -0.05) is 55.1 Å². The first-order chi connectivity index (χ1) is 15.2. The van der Waals surface area contributed by atoms with Crippen LogP contribution in [0.5, 0.6) is 23.0 Å². The van der Waals surface area contributed by atoms with Gasteiger partial charge in [-0.2, -0.15) is 0 Å². The Morgan fingerprint density at radius 2 is 1.52 bits per heavy atom. The molecule has 162 valence electrons. The zero-order valence-corrected chi connectivity index (χ0v) is 18.5. The van der Waals surface area contributed by atoms with Crippen LogP contribution in [0, 0.1) is 0 Å². The first-order valence-electron chi connectivity index (χ1n) is 10.4. The molecule has 0 N–H and O–H groups in total. The summed E-state index contributed by atoms with van der Waals surface area (Å²) < 4.78 is 22.9. The van der Waals surface area contributed by atoms with Gasteiger partial charge in [0.15, 0.2) is 11.5 Å². The van der Waals surface area contributed by atoms with Gasteiger partial charge in [-0.05, 0) is 54.2 Å². The Balaban J connectivity index is 1.98. The fourth-order valence-corrected chi connectivity index (χ4v) is 3.72. The van der Waals surface area contributed by atoms with Crippen molar-refractivity contribution in [3.8, 4) is 34.1 Å². The average molecular weight is 419 g/mol. The maximum absolute atomic E-state index is 5.75. The second kappa shape index (κ2) is 11.1. The maximum atomic E-state index is 5.75. The summed E-state index contributed by atoms with van der Waals surface area (Å²) >= 11 is 0. The van der Waals surface area contributed by atoms with Crippen molar-refractivity contribution < 1.29 is 18.9 Å². The molecule has 0 aliphatic rings. The molecule has 0 unspecified atom stereocenters. The van der Waals surface area contributed by atoms with E-state index in [1.54, 1.807) is 27.4 Å². The molecule has 0 fully saturated rings. The molecule has 0 aliphatic carbocycles. The Kier molecular flexibility index (Phi) is 7.99. The summed E-state index contributed by atoms with van der Waals surface area (Å²) in [6, 6.07) is 20.6. The average Bonchev–Trinajstić information content (AvgIpc) is 2.82. The third-order valence-electron chi connectivity index (χ3n) is 5.15. The van der Waals surface area contributed by atoms with Gasteiger partial charge in [0, 0.05) is 5.56 Å². The molecule has 0 saturated carbocycles. The molecule has 4 heteroatoms. The van der Waals surface area contributed by atoms with Crippen molar-refractivity contribution in [2.45, 2.75) is 19.3 Å². The van der Waals surface area contributed by atoms with E-state index < -0.39 is 0 Å². The van der Waals surface area contributed by atoms with Gasteiger partial charge in [0.2, 0.25) is 5.75 Å². The maximum Gasteiger partial charge on any atom is 0.204 e. The van der Waals surface area contributed by atoms with Gasteiger partial charge in [-0.25, -0.2) is 0 Å². The van der Waals surface area contributed by atoms with Crippen LogP contribution in [0.3, 0.4) is 0 Å². The molecular formula is C27H30O4. The van der Waals surface area contributed by atoms with Crippen LogP contribution >= 0.6 is 0 Å². The molecule has 0 spiro atoms. The standard InChI is InChI=1S/C27H30O4/c1-5-17-31-23-16-10-14-21(18-23)24-19-22(15-9-13-20-11-7-6-8-12-20)25(28-2)27(30-4)26(24)29-3/h5-8,10-12,14,16,18-19H,1,9,13,15,17H2,2-4H3. The summed E-state index contributed by atoms with van der Waals surface area (Å²) in [7, 11) is 4.96. The molecule has 3 aromatic rings. The lowest BCUT2D eigenvalue weighted by Crippen LogP contribution is -2.02. The van der Waals surface area contributed by atoms with Crippen molar-refractivity contribution in [2.75, 3.05) is 27.9 Å². The largest absolute Gasteiger partial charge is 0.492 e. The molecule has 31 heavy (non-hydrogen) atoms. The number of benzene rings is 3. The molecule has 0 aliphatic heterocycles. The summed E-state index contributed by atoms with van der Waals surface area (Å²) in [5, 5.41) is 0. The monoisotopic (exact) mass is 418 g/mol. The topological polar surface area (TPSA) is 36.9 Å². The SMILES string of the molecule is C=CCOc1cccc(-c2cc(CCCc3ccccc3)c(OC)c(OC)c2OC)c1. The molecule has 3 aromatic carbocycles. The highest BCUT2D eigenvalue weighted by Gasteiger charge is 2.21. The normalized spacial score (nSPS) is 10.4. The number of aryl methyl sites for hydroxylation is 2. The van der Waals surface area contributed by atoms with Crippen LogP contribution in [0.2, 0.25) is 0 Å². The number of ether oxygens (including phenoxy) is 4. The fraction of sp³-hybridized carbons (Fsp3) is 0.259. The van der Waals surface area contributed by atoms with Crippen molar-refractivity contribution in [1.82, 2.24) is 0 Å². The summed E-state index contributed by atoms with van der Waals surface area (Å²) in [6.45, 7) is 4.17. The van der Waals surface area contributed by atoms with Crippen molar-refractivity contribution in [1.29, 1.82) is 0 Å². The van der Waals surface area contributed by atoms with Gasteiger partial charge in [0.05, 0.1) is 21.3 Å². The Morgan fingerprint density at radius 3 is 2.19 bits per heavy atom. The van der Waals surface area contributed by atoms with E-state index in [0.717, 1.165) is 47.5 Å². The zero-order valence-electron chi connectivity index (χ0n) is 18.5. The van der Waals surface area contributed by atoms with Gasteiger partial charge in [0.25, 0.3) is 0 Å². The van der Waals surface area contributed by atoms with Crippen molar-refractivity contribution in [3.63, 3.8) is 0 Å². The van der Waals surface area contributed by atoms with Crippen LogP contribution < -0.4 is 18.9 Å². The first kappa shape index (κ1) is 22.3. The minimum atomic E-state index is 0.456. The van der Waals surface area contributed by atoms with Crippen LogP contribution in [-0.2, 0) is 12.8 Å². The van der Waals surface area contributed by atoms with E-state index in [-0.39, 0.29) is 0 Å². The van der Waals surface area contributed by atoms with Gasteiger partial charge >= 0.3 is 0 Å².